The molecule has 10 nitrogen and oxygen atoms in total. The number of aromatic nitrogens is 1. The Morgan fingerprint density at radius 3 is 2.62 bits per heavy atom. The molecular formula is C28H26N4O6S. The number of benzene rings is 2. The molecule has 0 aliphatic carbocycles. The van der Waals surface area contributed by atoms with Crippen LogP contribution in [0.1, 0.15) is 28.1 Å². The van der Waals surface area contributed by atoms with Gasteiger partial charge in [-0.15, -0.1) is 11.3 Å². The van der Waals surface area contributed by atoms with E-state index in [9.17, 15) is 19.8 Å². The number of hydrogen-bond acceptors (Lipinski definition) is 8. The molecule has 0 atom stereocenters. The number of thiophene rings is 1. The van der Waals surface area contributed by atoms with Crippen molar-refractivity contribution in [3.05, 3.63) is 71.2 Å². The van der Waals surface area contributed by atoms with Crippen molar-refractivity contribution in [1.82, 2.24) is 10.3 Å². The zero-order chi connectivity index (χ0) is 27.1. The summed E-state index contributed by atoms with van der Waals surface area (Å²) in [5.41, 5.74) is 1.19. The number of para-hydroxylation sites is 1. The fourth-order valence-corrected chi connectivity index (χ4v) is 6.03. The highest BCUT2D eigenvalue weighted by atomic mass is 32.1. The summed E-state index contributed by atoms with van der Waals surface area (Å²) in [5.74, 6) is 0.838. The van der Waals surface area contributed by atoms with E-state index in [1.165, 1.54) is 0 Å². The lowest BCUT2D eigenvalue weighted by atomic mass is 9.89. The van der Waals surface area contributed by atoms with Crippen LogP contribution in [0.2, 0.25) is 0 Å². The monoisotopic (exact) mass is 546 g/mol. The second-order valence-corrected chi connectivity index (χ2v) is 10.5. The molecule has 1 saturated heterocycles. The molecule has 4 N–H and O–H groups in total. The standard InChI is InChI=1S/C28H26N4O6S/c1-16-15-18(38-17-5-3-2-4-6-17)7-8-19(16)32-20-9-12-29-25-21(20)22(30-27(32)36)23(39-25)24(33)31-28(26(34)35)10-13-37-14-11-28/h2-9,12,15,26,34-35H,10-11,13-14H2,1H3,(H,30,36)(H,31,33). The predicted molar refractivity (Wildman–Crippen MR) is 147 cm³/mol. The molecule has 6 rings (SSSR count). The first-order valence-electron chi connectivity index (χ1n) is 12.5. The van der Waals surface area contributed by atoms with E-state index in [0.717, 1.165) is 16.9 Å². The molecule has 0 saturated carbocycles. The Balaban J connectivity index is 1.35. The van der Waals surface area contributed by atoms with Gasteiger partial charge < -0.3 is 30.3 Å². The molecule has 0 unspecified atom stereocenters. The molecular weight excluding hydrogens is 520 g/mol. The van der Waals surface area contributed by atoms with Gasteiger partial charge in [0.2, 0.25) is 0 Å². The molecule has 2 aromatic carbocycles. The molecule has 2 aliphatic heterocycles. The van der Waals surface area contributed by atoms with Gasteiger partial charge in [-0.05, 0) is 61.7 Å². The Hall–Kier alpha value is -4.03. The number of carbonyl (C=O) groups is 2. The van der Waals surface area contributed by atoms with Crippen molar-refractivity contribution >= 4 is 50.6 Å². The number of amides is 3. The normalized spacial score (nSPS) is 16.3. The molecule has 11 heteroatoms. The first-order valence-corrected chi connectivity index (χ1v) is 13.3. The lowest BCUT2D eigenvalue weighted by Crippen LogP contribution is -2.59. The lowest BCUT2D eigenvalue weighted by Gasteiger charge is -2.39. The van der Waals surface area contributed by atoms with Crippen LogP contribution < -0.4 is 20.3 Å². The summed E-state index contributed by atoms with van der Waals surface area (Å²) in [6.07, 6.45) is 0.351. The van der Waals surface area contributed by atoms with Crippen molar-refractivity contribution in [2.45, 2.75) is 31.6 Å². The summed E-state index contributed by atoms with van der Waals surface area (Å²) in [4.78, 5) is 33.8. The Bertz CT molecular complexity index is 1570. The Morgan fingerprint density at radius 1 is 1.13 bits per heavy atom. The van der Waals surface area contributed by atoms with E-state index in [1.54, 1.807) is 23.2 Å². The number of urea groups is 1. The molecule has 1 fully saturated rings. The number of carbonyl (C=O) groups excluding carboxylic acids is 2. The molecule has 3 amide bonds. The average Bonchev–Trinajstić information content (AvgIpc) is 3.30. The van der Waals surface area contributed by atoms with E-state index < -0.39 is 23.8 Å². The number of rotatable bonds is 6. The number of aryl methyl sites for hydroxylation is 1. The van der Waals surface area contributed by atoms with E-state index in [2.05, 4.69) is 15.6 Å². The van der Waals surface area contributed by atoms with Crippen LogP contribution in [-0.2, 0) is 4.74 Å². The predicted octanol–water partition coefficient (Wildman–Crippen LogP) is 4.67. The smallest absolute Gasteiger partial charge is 0.331 e. The largest absolute Gasteiger partial charge is 0.457 e. The summed E-state index contributed by atoms with van der Waals surface area (Å²) >= 11 is 1.14. The van der Waals surface area contributed by atoms with Gasteiger partial charge in [0.25, 0.3) is 5.91 Å². The van der Waals surface area contributed by atoms with E-state index in [4.69, 9.17) is 9.47 Å². The summed E-state index contributed by atoms with van der Waals surface area (Å²) in [6, 6.07) is 16.2. The van der Waals surface area contributed by atoms with Crippen molar-refractivity contribution < 1.29 is 29.3 Å². The van der Waals surface area contributed by atoms with Gasteiger partial charge in [-0.25, -0.2) is 9.78 Å². The SMILES string of the molecule is Cc1cc(Oc2ccccc2)ccc1N1C(=O)Nc2c(C(=O)NC3(C(O)O)CCOCC3)sc3nccc1c23. The van der Waals surface area contributed by atoms with Crippen LogP contribution in [0.5, 0.6) is 11.5 Å². The van der Waals surface area contributed by atoms with Crippen LogP contribution in [0, 0.1) is 6.92 Å². The third-order valence-corrected chi connectivity index (χ3v) is 8.18. The van der Waals surface area contributed by atoms with E-state index in [1.807, 2.05) is 49.4 Å². The minimum absolute atomic E-state index is 0.243. The highest BCUT2D eigenvalue weighted by Gasteiger charge is 2.42. The minimum atomic E-state index is -1.76. The van der Waals surface area contributed by atoms with Gasteiger partial charge in [-0.1, -0.05) is 18.2 Å². The van der Waals surface area contributed by atoms with E-state index in [-0.39, 0.29) is 17.7 Å². The number of nitrogens with one attached hydrogen (secondary N) is 2. The fourth-order valence-electron chi connectivity index (χ4n) is 5.02. The summed E-state index contributed by atoms with van der Waals surface area (Å²) in [5, 5.41) is 26.5. The molecule has 39 heavy (non-hydrogen) atoms. The summed E-state index contributed by atoms with van der Waals surface area (Å²) in [7, 11) is 0. The second kappa shape index (κ2) is 9.93. The van der Waals surface area contributed by atoms with Gasteiger partial charge in [-0.3, -0.25) is 9.69 Å². The first kappa shape index (κ1) is 25.3. The van der Waals surface area contributed by atoms with Crippen LogP contribution in [0.4, 0.5) is 21.9 Å². The van der Waals surface area contributed by atoms with Crippen LogP contribution >= 0.6 is 11.3 Å². The number of pyridine rings is 1. The molecule has 200 valence electrons. The minimum Gasteiger partial charge on any atom is -0.457 e. The van der Waals surface area contributed by atoms with Crippen LogP contribution in [0.3, 0.4) is 0 Å². The molecule has 2 aliphatic rings. The van der Waals surface area contributed by atoms with Crippen LogP contribution in [-0.4, -0.2) is 52.2 Å². The topological polar surface area (TPSA) is 133 Å². The first-order chi connectivity index (χ1) is 18.9. The Kier molecular flexibility index (Phi) is 6.43. The number of aliphatic hydroxyl groups excluding tert-OH is 1. The van der Waals surface area contributed by atoms with Gasteiger partial charge in [0.1, 0.15) is 21.2 Å². The highest BCUT2D eigenvalue weighted by Crippen LogP contribution is 2.46. The fraction of sp³-hybridized carbons (Fsp3) is 0.250. The zero-order valence-electron chi connectivity index (χ0n) is 21.0. The van der Waals surface area contributed by atoms with E-state index >= 15 is 0 Å². The number of ether oxygens (including phenoxy) is 2. The second-order valence-electron chi connectivity index (χ2n) is 9.54. The van der Waals surface area contributed by atoms with Crippen LogP contribution in [0.25, 0.3) is 10.2 Å². The number of nitrogens with zero attached hydrogens (tertiary/aromatic N) is 2. The van der Waals surface area contributed by atoms with Gasteiger partial charge in [0.15, 0.2) is 6.29 Å². The molecule has 0 spiro atoms. The molecule has 2 aromatic heterocycles. The molecule has 4 aromatic rings. The van der Waals surface area contributed by atoms with Crippen molar-refractivity contribution in [1.29, 1.82) is 0 Å². The third-order valence-electron chi connectivity index (χ3n) is 7.08. The summed E-state index contributed by atoms with van der Waals surface area (Å²) < 4.78 is 11.3. The van der Waals surface area contributed by atoms with Crippen molar-refractivity contribution in [3.63, 3.8) is 0 Å². The Labute approximate surface area is 227 Å². The zero-order valence-corrected chi connectivity index (χ0v) is 21.8. The highest BCUT2D eigenvalue weighted by molar-refractivity contribution is 7.21. The average molecular weight is 547 g/mol. The van der Waals surface area contributed by atoms with Gasteiger partial charge in [0, 0.05) is 19.4 Å². The van der Waals surface area contributed by atoms with Crippen molar-refractivity contribution in [3.8, 4) is 11.5 Å². The number of hydrogen-bond donors (Lipinski definition) is 4. The maximum absolute atomic E-state index is 13.5. The molecule has 0 radical (unpaired) electrons. The van der Waals surface area contributed by atoms with Crippen molar-refractivity contribution in [2.75, 3.05) is 23.4 Å². The van der Waals surface area contributed by atoms with Gasteiger partial charge in [-0.2, -0.15) is 0 Å². The van der Waals surface area contributed by atoms with Gasteiger partial charge >= 0.3 is 6.03 Å². The van der Waals surface area contributed by atoms with Gasteiger partial charge in [0.05, 0.1) is 28.0 Å². The molecule has 4 heterocycles. The van der Waals surface area contributed by atoms with Crippen LogP contribution in [0.15, 0.2) is 60.8 Å². The lowest BCUT2D eigenvalue weighted by molar-refractivity contribution is -0.134. The Morgan fingerprint density at radius 2 is 1.90 bits per heavy atom. The van der Waals surface area contributed by atoms with Crippen molar-refractivity contribution in [2.24, 2.45) is 0 Å². The molecule has 0 bridgehead atoms. The quantitative estimate of drug-likeness (QED) is 0.258. The maximum atomic E-state index is 13.5. The number of anilines is 3. The summed E-state index contributed by atoms with van der Waals surface area (Å²) in [6.45, 7) is 2.49. The third kappa shape index (κ3) is 4.49. The number of aliphatic hydroxyl groups is 2. The maximum Gasteiger partial charge on any atom is 0.331 e. The van der Waals surface area contributed by atoms with E-state index in [0.29, 0.717) is 52.0 Å².